The minimum absolute atomic E-state index is 0.102. The van der Waals surface area contributed by atoms with Gasteiger partial charge in [-0.2, -0.15) is 0 Å². The highest BCUT2D eigenvalue weighted by molar-refractivity contribution is 5.77. The van der Waals surface area contributed by atoms with E-state index in [1.54, 1.807) is 13.8 Å². The molecule has 2 fully saturated rings. The Balaban J connectivity index is 0.000000360. The number of hydrogen-bond donors (Lipinski definition) is 0. The summed E-state index contributed by atoms with van der Waals surface area (Å²) in [5.74, 6) is 3.08. The first-order chi connectivity index (χ1) is 16.4. The first-order valence-corrected chi connectivity index (χ1v) is 14.7. The van der Waals surface area contributed by atoms with E-state index in [0.717, 1.165) is 31.6 Å². The van der Waals surface area contributed by atoms with Gasteiger partial charge < -0.3 is 9.47 Å². The number of rotatable bonds is 10. The van der Waals surface area contributed by atoms with Crippen LogP contribution in [0.1, 0.15) is 134 Å². The number of carbonyl (C=O) groups excluding carboxylic acids is 2. The maximum atomic E-state index is 11.1. The van der Waals surface area contributed by atoms with Crippen molar-refractivity contribution in [2.75, 3.05) is 13.2 Å². The van der Waals surface area contributed by atoms with E-state index in [2.05, 4.69) is 69.2 Å². The molecule has 0 aliphatic heterocycles. The van der Waals surface area contributed by atoms with Crippen molar-refractivity contribution in [3.05, 3.63) is 0 Å². The second-order valence-electron chi connectivity index (χ2n) is 14.3. The van der Waals surface area contributed by atoms with Crippen LogP contribution in [-0.2, 0) is 19.1 Å². The maximum absolute atomic E-state index is 11.1. The van der Waals surface area contributed by atoms with E-state index in [1.165, 1.54) is 25.7 Å². The normalized spacial score (nSPS) is 33.4. The van der Waals surface area contributed by atoms with Gasteiger partial charge in [0.25, 0.3) is 0 Å². The molecule has 0 bridgehead atoms. The molecule has 212 valence electrons. The molecule has 6 unspecified atom stereocenters. The Morgan fingerprint density at radius 1 is 0.806 bits per heavy atom. The van der Waals surface area contributed by atoms with Gasteiger partial charge >= 0.3 is 0 Å². The summed E-state index contributed by atoms with van der Waals surface area (Å²) in [6.45, 7) is 26.8. The van der Waals surface area contributed by atoms with Gasteiger partial charge in [-0.15, -0.1) is 0 Å². The third-order valence-electron chi connectivity index (χ3n) is 9.79. The Morgan fingerprint density at radius 3 is 1.78 bits per heavy atom. The molecule has 6 atom stereocenters. The predicted octanol–water partition coefficient (Wildman–Crippen LogP) is 8.45. The van der Waals surface area contributed by atoms with E-state index >= 15 is 0 Å². The van der Waals surface area contributed by atoms with E-state index in [-0.39, 0.29) is 36.0 Å². The smallest absolute Gasteiger partial charge is 0.155 e. The van der Waals surface area contributed by atoms with E-state index in [1.807, 2.05) is 0 Å². The lowest BCUT2D eigenvalue weighted by molar-refractivity contribution is -0.136. The zero-order valence-electron chi connectivity index (χ0n) is 26.0. The first-order valence-electron chi connectivity index (χ1n) is 14.7. The van der Waals surface area contributed by atoms with Crippen LogP contribution in [0.5, 0.6) is 0 Å². The monoisotopic (exact) mass is 508 g/mol. The molecule has 0 aromatic rings. The van der Waals surface area contributed by atoms with Crippen LogP contribution >= 0.6 is 0 Å². The van der Waals surface area contributed by atoms with Crippen LogP contribution in [0.4, 0.5) is 0 Å². The highest BCUT2D eigenvalue weighted by Gasteiger charge is 2.43. The number of carbonyl (C=O) groups is 2. The molecular weight excluding hydrogens is 448 g/mol. The van der Waals surface area contributed by atoms with Gasteiger partial charge in [0.05, 0.1) is 11.2 Å². The van der Waals surface area contributed by atoms with Crippen molar-refractivity contribution in [2.45, 2.75) is 146 Å². The van der Waals surface area contributed by atoms with Gasteiger partial charge in [0.1, 0.15) is 13.2 Å². The van der Waals surface area contributed by atoms with Crippen molar-refractivity contribution in [2.24, 2.45) is 34.5 Å². The minimum Gasteiger partial charge on any atom is -0.368 e. The molecular formula is C32H60O4. The molecule has 4 heteroatoms. The van der Waals surface area contributed by atoms with E-state index in [0.29, 0.717) is 28.6 Å². The van der Waals surface area contributed by atoms with Crippen molar-refractivity contribution in [3.63, 3.8) is 0 Å². The SMILES string of the molecule is CCC(C)(C)C1CC(C)(OCC(C)=O)CCC1C.CCC(C)(C)C1CC(C)CC(C)(OCC(C)=O)C1. The number of Topliss-reactive ketones (excluding diaryl/α,β-unsaturated/α-hetero) is 2. The Morgan fingerprint density at radius 2 is 1.31 bits per heavy atom. The molecule has 2 saturated carbocycles. The fourth-order valence-corrected chi connectivity index (χ4v) is 6.49. The van der Waals surface area contributed by atoms with Crippen LogP contribution in [0.15, 0.2) is 0 Å². The molecule has 0 N–H and O–H groups in total. The van der Waals surface area contributed by atoms with Crippen molar-refractivity contribution in [1.82, 2.24) is 0 Å². The molecule has 0 spiro atoms. The van der Waals surface area contributed by atoms with E-state index < -0.39 is 0 Å². The van der Waals surface area contributed by atoms with Gasteiger partial charge in [0.15, 0.2) is 11.6 Å². The highest BCUT2D eigenvalue weighted by Crippen LogP contribution is 2.48. The third kappa shape index (κ3) is 10.2. The average molecular weight is 509 g/mol. The average Bonchev–Trinajstić information content (AvgIpc) is 2.78. The van der Waals surface area contributed by atoms with Gasteiger partial charge in [-0.25, -0.2) is 0 Å². The zero-order valence-corrected chi connectivity index (χ0v) is 26.0. The predicted molar refractivity (Wildman–Crippen MR) is 151 cm³/mol. The Bertz CT molecular complexity index is 711. The van der Waals surface area contributed by atoms with Gasteiger partial charge in [-0.05, 0) is 101 Å². The zero-order chi connectivity index (χ0) is 27.9. The quantitative estimate of drug-likeness (QED) is 0.297. The van der Waals surface area contributed by atoms with Gasteiger partial charge in [0.2, 0.25) is 0 Å². The largest absolute Gasteiger partial charge is 0.368 e. The maximum Gasteiger partial charge on any atom is 0.155 e. The topological polar surface area (TPSA) is 52.6 Å². The fraction of sp³-hybridized carbons (Fsp3) is 0.938. The first kappa shape index (κ1) is 33.3. The van der Waals surface area contributed by atoms with Gasteiger partial charge in [0, 0.05) is 0 Å². The molecule has 0 heterocycles. The summed E-state index contributed by atoms with van der Waals surface area (Å²) in [7, 11) is 0. The second kappa shape index (κ2) is 13.4. The number of ether oxygens (including phenoxy) is 2. The highest BCUT2D eigenvalue weighted by atomic mass is 16.5. The molecule has 36 heavy (non-hydrogen) atoms. The molecule has 2 aliphatic carbocycles. The summed E-state index contributed by atoms with van der Waals surface area (Å²) < 4.78 is 11.8. The second-order valence-corrected chi connectivity index (χ2v) is 14.3. The Kier molecular flexibility index (Phi) is 12.4. The van der Waals surface area contributed by atoms with Gasteiger partial charge in [-0.3, -0.25) is 9.59 Å². The lowest BCUT2D eigenvalue weighted by atomic mass is 9.61. The minimum atomic E-state index is -0.111. The Labute approximate surface area is 224 Å². The van der Waals surface area contributed by atoms with Crippen LogP contribution in [0, 0.1) is 34.5 Å². The van der Waals surface area contributed by atoms with E-state index in [9.17, 15) is 9.59 Å². The van der Waals surface area contributed by atoms with Crippen LogP contribution in [-0.4, -0.2) is 36.0 Å². The summed E-state index contributed by atoms with van der Waals surface area (Å²) >= 11 is 0. The van der Waals surface area contributed by atoms with Crippen LogP contribution in [0.2, 0.25) is 0 Å². The van der Waals surface area contributed by atoms with Crippen LogP contribution < -0.4 is 0 Å². The molecule has 0 radical (unpaired) electrons. The number of ketones is 2. The van der Waals surface area contributed by atoms with Crippen LogP contribution in [0.3, 0.4) is 0 Å². The molecule has 0 saturated heterocycles. The molecule has 0 aromatic carbocycles. The standard InChI is InChI=1S/2C16H30O2/c1-7-15(4,5)14-8-12(2)9-16(6,10-14)18-11-13(3)17;1-7-15(4,5)14-10-16(6,9-8-12(14)2)18-11-13(3)17/h2*12,14H,7-11H2,1-6H3. The summed E-state index contributed by atoms with van der Waals surface area (Å²) in [6.07, 6.45) is 9.24. The number of hydrogen-bond acceptors (Lipinski definition) is 4. The fourth-order valence-electron chi connectivity index (χ4n) is 6.49. The lowest BCUT2D eigenvalue weighted by Gasteiger charge is -2.47. The summed E-state index contributed by atoms with van der Waals surface area (Å²) in [6, 6.07) is 0. The van der Waals surface area contributed by atoms with E-state index in [4.69, 9.17) is 9.47 Å². The lowest BCUT2D eigenvalue weighted by Crippen LogP contribution is -2.44. The molecule has 4 nitrogen and oxygen atoms in total. The molecule has 0 aromatic heterocycles. The molecule has 2 aliphatic rings. The van der Waals surface area contributed by atoms with Crippen molar-refractivity contribution in [1.29, 1.82) is 0 Å². The summed E-state index contributed by atoms with van der Waals surface area (Å²) in [5, 5.41) is 0. The molecule has 0 amide bonds. The van der Waals surface area contributed by atoms with Crippen molar-refractivity contribution < 1.29 is 19.1 Å². The summed E-state index contributed by atoms with van der Waals surface area (Å²) in [5.41, 5.74) is 0.520. The van der Waals surface area contributed by atoms with Crippen LogP contribution in [0.25, 0.3) is 0 Å². The van der Waals surface area contributed by atoms with Gasteiger partial charge in [-0.1, -0.05) is 68.2 Å². The Hall–Kier alpha value is -0.740. The van der Waals surface area contributed by atoms with Crippen molar-refractivity contribution in [3.8, 4) is 0 Å². The summed E-state index contributed by atoms with van der Waals surface area (Å²) in [4.78, 5) is 22.2. The molecule has 2 rings (SSSR count). The third-order valence-corrected chi connectivity index (χ3v) is 9.79. The van der Waals surface area contributed by atoms with Crippen molar-refractivity contribution >= 4 is 11.6 Å².